The quantitative estimate of drug-likeness (QED) is 0.879. The highest BCUT2D eigenvalue weighted by Crippen LogP contribution is 2.40. The first-order valence-corrected chi connectivity index (χ1v) is 6.42. The van der Waals surface area contributed by atoms with E-state index in [0.29, 0.717) is 24.0 Å². The Morgan fingerprint density at radius 2 is 2.05 bits per heavy atom. The second-order valence-corrected chi connectivity index (χ2v) is 4.80. The fourth-order valence-corrected chi connectivity index (χ4v) is 2.27. The second-order valence-electron chi connectivity index (χ2n) is 4.80. The third-order valence-electron chi connectivity index (χ3n) is 3.42. The maximum absolute atomic E-state index is 12.0. The van der Waals surface area contributed by atoms with Crippen LogP contribution in [0.4, 0.5) is 0 Å². The molecule has 1 aliphatic carbocycles. The largest absolute Gasteiger partial charge is 0.455 e. The molecule has 0 radical (unpaired) electrons. The molecule has 1 aliphatic rings. The van der Waals surface area contributed by atoms with E-state index >= 15 is 0 Å². The van der Waals surface area contributed by atoms with Crippen molar-refractivity contribution in [1.82, 2.24) is 5.32 Å². The van der Waals surface area contributed by atoms with E-state index < -0.39 is 0 Å². The number of nitrogens with two attached hydrogens (primary N) is 1. The number of rotatable bonds is 4. The zero-order valence-electron chi connectivity index (χ0n) is 10.5. The van der Waals surface area contributed by atoms with Crippen LogP contribution in [0.2, 0.25) is 0 Å². The molecule has 0 aliphatic heterocycles. The summed E-state index contributed by atoms with van der Waals surface area (Å²) in [6.07, 6.45) is 0.986. The zero-order valence-corrected chi connectivity index (χ0v) is 10.5. The summed E-state index contributed by atoms with van der Waals surface area (Å²) in [4.78, 5) is 12.0. The molecule has 3 N–H and O–H groups in total. The van der Waals surface area contributed by atoms with E-state index in [4.69, 9.17) is 10.2 Å². The molecule has 0 spiro atoms. The molecule has 3 rings (SSSR count). The van der Waals surface area contributed by atoms with E-state index in [0.717, 1.165) is 6.42 Å². The Morgan fingerprint density at radius 1 is 1.26 bits per heavy atom. The third-order valence-corrected chi connectivity index (χ3v) is 3.42. The number of furan rings is 1. The van der Waals surface area contributed by atoms with Gasteiger partial charge in [0.25, 0.3) is 5.91 Å². The summed E-state index contributed by atoms with van der Waals surface area (Å²) < 4.78 is 5.33. The van der Waals surface area contributed by atoms with Gasteiger partial charge in [-0.2, -0.15) is 0 Å². The monoisotopic (exact) mass is 256 g/mol. The smallest absolute Gasteiger partial charge is 0.287 e. The lowest BCUT2D eigenvalue weighted by atomic mass is 10.1. The molecule has 1 aromatic heterocycles. The summed E-state index contributed by atoms with van der Waals surface area (Å²) >= 11 is 0. The van der Waals surface area contributed by atoms with Crippen LogP contribution in [0.15, 0.2) is 46.9 Å². The van der Waals surface area contributed by atoms with Crippen molar-refractivity contribution in [2.45, 2.75) is 24.9 Å². The lowest BCUT2D eigenvalue weighted by Gasteiger charge is -2.02. The van der Waals surface area contributed by atoms with Crippen LogP contribution < -0.4 is 11.1 Å². The summed E-state index contributed by atoms with van der Waals surface area (Å²) in [7, 11) is 0. The van der Waals surface area contributed by atoms with Crippen molar-refractivity contribution in [3.8, 4) is 0 Å². The first-order valence-electron chi connectivity index (χ1n) is 6.42. The third kappa shape index (κ3) is 2.53. The Morgan fingerprint density at radius 3 is 2.74 bits per heavy atom. The van der Waals surface area contributed by atoms with Gasteiger partial charge in [0.05, 0.1) is 6.54 Å². The van der Waals surface area contributed by atoms with Gasteiger partial charge in [-0.05, 0) is 24.1 Å². The van der Waals surface area contributed by atoms with Gasteiger partial charge in [0.2, 0.25) is 0 Å². The Bertz CT molecular complexity index is 577. The Kier molecular flexibility index (Phi) is 3.09. The Labute approximate surface area is 111 Å². The molecule has 4 heteroatoms. The van der Waals surface area contributed by atoms with Crippen molar-refractivity contribution in [3.63, 3.8) is 0 Å². The van der Waals surface area contributed by atoms with Gasteiger partial charge in [-0.3, -0.25) is 4.79 Å². The van der Waals surface area contributed by atoms with Crippen molar-refractivity contribution in [2.75, 3.05) is 0 Å². The van der Waals surface area contributed by atoms with Gasteiger partial charge in [0, 0.05) is 12.0 Å². The maximum atomic E-state index is 12.0. The number of nitrogens with one attached hydrogen (secondary N) is 1. The molecule has 2 atom stereocenters. The van der Waals surface area contributed by atoms with Crippen LogP contribution in [0.1, 0.15) is 34.2 Å². The molecule has 1 aromatic carbocycles. The van der Waals surface area contributed by atoms with Gasteiger partial charge in [0.1, 0.15) is 5.76 Å². The lowest BCUT2D eigenvalue weighted by Crippen LogP contribution is -2.26. The van der Waals surface area contributed by atoms with Crippen LogP contribution in [0, 0.1) is 0 Å². The number of carbonyl (C=O) groups excluding carboxylic acids is 1. The number of amides is 1. The maximum Gasteiger partial charge on any atom is 0.287 e. The molecular formula is C15H16N2O2. The summed E-state index contributed by atoms with van der Waals surface area (Å²) in [5.41, 5.74) is 6.72. The van der Waals surface area contributed by atoms with E-state index in [1.807, 2.05) is 18.2 Å². The minimum absolute atomic E-state index is 0.164. The van der Waals surface area contributed by atoms with E-state index in [2.05, 4.69) is 17.4 Å². The van der Waals surface area contributed by atoms with E-state index in [1.54, 1.807) is 12.1 Å². The van der Waals surface area contributed by atoms with E-state index in [1.165, 1.54) is 5.56 Å². The standard InChI is InChI=1S/C15H16N2O2/c16-9-11-6-7-14(19-11)15(18)17-13-8-12(13)10-4-2-1-3-5-10/h1-7,12-13H,8-9,16H2,(H,17,18). The first kappa shape index (κ1) is 12.0. The fraction of sp³-hybridized carbons (Fsp3) is 0.267. The van der Waals surface area contributed by atoms with Gasteiger partial charge >= 0.3 is 0 Å². The second kappa shape index (κ2) is 4.90. The highest BCUT2D eigenvalue weighted by Gasteiger charge is 2.39. The van der Waals surface area contributed by atoms with Crippen molar-refractivity contribution in [1.29, 1.82) is 0 Å². The number of hydrogen-bond acceptors (Lipinski definition) is 3. The molecule has 1 fully saturated rings. The predicted molar refractivity (Wildman–Crippen MR) is 71.7 cm³/mol. The average molecular weight is 256 g/mol. The van der Waals surface area contributed by atoms with Crippen molar-refractivity contribution in [2.24, 2.45) is 5.73 Å². The summed E-state index contributed by atoms with van der Waals surface area (Å²) in [5, 5.41) is 2.98. The fourth-order valence-electron chi connectivity index (χ4n) is 2.27. The molecule has 2 unspecified atom stereocenters. The molecular weight excluding hydrogens is 240 g/mol. The highest BCUT2D eigenvalue weighted by molar-refractivity contribution is 5.92. The number of benzene rings is 1. The lowest BCUT2D eigenvalue weighted by molar-refractivity contribution is 0.0921. The summed E-state index contributed by atoms with van der Waals surface area (Å²) in [6, 6.07) is 13.8. The van der Waals surface area contributed by atoms with Crippen molar-refractivity contribution in [3.05, 3.63) is 59.5 Å². The van der Waals surface area contributed by atoms with Gasteiger partial charge < -0.3 is 15.5 Å². The molecule has 1 amide bonds. The van der Waals surface area contributed by atoms with E-state index in [-0.39, 0.29) is 11.9 Å². The Balaban J connectivity index is 1.60. The molecule has 0 saturated heterocycles. The van der Waals surface area contributed by atoms with Crippen LogP contribution in [0.25, 0.3) is 0 Å². The molecule has 19 heavy (non-hydrogen) atoms. The van der Waals surface area contributed by atoms with Gasteiger partial charge in [-0.25, -0.2) is 0 Å². The van der Waals surface area contributed by atoms with Crippen molar-refractivity contribution < 1.29 is 9.21 Å². The van der Waals surface area contributed by atoms with Crippen LogP contribution >= 0.6 is 0 Å². The minimum atomic E-state index is -0.164. The minimum Gasteiger partial charge on any atom is -0.455 e. The van der Waals surface area contributed by atoms with Gasteiger partial charge in [-0.15, -0.1) is 0 Å². The predicted octanol–water partition coefficient (Wildman–Crippen LogP) is 2.02. The highest BCUT2D eigenvalue weighted by atomic mass is 16.4. The molecule has 2 aromatic rings. The number of carbonyl (C=O) groups is 1. The van der Waals surface area contributed by atoms with Crippen molar-refractivity contribution >= 4 is 5.91 Å². The SMILES string of the molecule is NCc1ccc(C(=O)NC2CC2c2ccccc2)o1. The summed E-state index contributed by atoms with van der Waals surface area (Å²) in [6.45, 7) is 0.309. The average Bonchev–Trinajstić information content (AvgIpc) is 3.04. The van der Waals surface area contributed by atoms with Crippen LogP contribution in [0.5, 0.6) is 0 Å². The summed E-state index contributed by atoms with van der Waals surface area (Å²) in [5.74, 6) is 1.22. The normalized spacial score (nSPS) is 21.1. The van der Waals surface area contributed by atoms with E-state index in [9.17, 15) is 4.79 Å². The molecule has 0 bridgehead atoms. The van der Waals surface area contributed by atoms with Crippen LogP contribution in [-0.4, -0.2) is 11.9 Å². The number of hydrogen-bond donors (Lipinski definition) is 2. The molecule has 98 valence electrons. The zero-order chi connectivity index (χ0) is 13.2. The molecule has 1 saturated carbocycles. The Hall–Kier alpha value is -2.07. The molecule has 4 nitrogen and oxygen atoms in total. The first-order chi connectivity index (χ1) is 9.28. The van der Waals surface area contributed by atoms with Gasteiger partial charge in [-0.1, -0.05) is 30.3 Å². The van der Waals surface area contributed by atoms with Gasteiger partial charge in [0.15, 0.2) is 5.76 Å². The van der Waals surface area contributed by atoms with Crippen LogP contribution in [-0.2, 0) is 6.54 Å². The van der Waals surface area contributed by atoms with Crippen LogP contribution in [0.3, 0.4) is 0 Å². The topological polar surface area (TPSA) is 68.3 Å². The molecule has 1 heterocycles.